The largest absolute Gasteiger partial charge is 0.481 e. The summed E-state index contributed by atoms with van der Waals surface area (Å²) in [4.78, 5) is 28.3. The number of fused-ring (bicyclic) bond motifs is 1. The van der Waals surface area contributed by atoms with Crippen molar-refractivity contribution >= 4 is 23.5 Å². The van der Waals surface area contributed by atoms with E-state index in [0.29, 0.717) is 19.6 Å². The Bertz CT molecular complexity index is 679. The molecule has 1 N–H and O–H groups in total. The number of carbonyl (C=O) groups excluding carboxylic acids is 1. The average molecular weight is 369 g/mol. The molecule has 25 heavy (non-hydrogen) atoms. The molecule has 7 heteroatoms. The summed E-state index contributed by atoms with van der Waals surface area (Å²) in [5.74, 6) is -1.72. The van der Waals surface area contributed by atoms with Gasteiger partial charge in [-0.25, -0.2) is 4.39 Å². The summed E-state index contributed by atoms with van der Waals surface area (Å²) in [5, 5.41) is 10.0. The first-order valence-corrected chi connectivity index (χ1v) is 8.91. The zero-order valence-corrected chi connectivity index (χ0v) is 14.9. The van der Waals surface area contributed by atoms with Crippen LogP contribution in [-0.4, -0.2) is 59.5 Å². The molecule has 1 aromatic carbocycles. The van der Waals surface area contributed by atoms with E-state index < -0.39 is 17.2 Å². The summed E-state index contributed by atoms with van der Waals surface area (Å²) >= 11 is 6.00. The highest BCUT2D eigenvalue weighted by atomic mass is 35.5. The van der Waals surface area contributed by atoms with Gasteiger partial charge in [0.1, 0.15) is 11.2 Å². The zero-order chi connectivity index (χ0) is 18.2. The third kappa shape index (κ3) is 3.25. The summed E-state index contributed by atoms with van der Waals surface area (Å²) in [6, 6.07) is 4.32. The lowest BCUT2D eigenvalue weighted by atomic mass is 9.81. The van der Waals surface area contributed by atoms with Gasteiger partial charge in [0.25, 0.3) is 0 Å². The van der Waals surface area contributed by atoms with Crippen LogP contribution in [0.4, 0.5) is 4.39 Å². The van der Waals surface area contributed by atoms with E-state index >= 15 is 0 Å². The van der Waals surface area contributed by atoms with Gasteiger partial charge in [-0.05, 0) is 25.1 Å². The molecule has 0 aliphatic carbocycles. The number of carbonyl (C=O) groups is 2. The van der Waals surface area contributed by atoms with Gasteiger partial charge in [-0.3, -0.25) is 9.59 Å². The molecular formula is C18H22ClFN2O3. The lowest BCUT2D eigenvalue weighted by Gasteiger charge is -2.25. The van der Waals surface area contributed by atoms with Crippen molar-refractivity contribution in [2.75, 3.05) is 32.7 Å². The molecular weight excluding hydrogens is 347 g/mol. The van der Waals surface area contributed by atoms with E-state index in [9.17, 15) is 19.1 Å². The monoisotopic (exact) mass is 368 g/mol. The molecule has 0 unspecified atom stereocenters. The summed E-state index contributed by atoms with van der Waals surface area (Å²) in [7, 11) is 0. The molecule has 2 atom stereocenters. The van der Waals surface area contributed by atoms with Gasteiger partial charge < -0.3 is 14.9 Å². The smallest absolute Gasteiger partial charge is 0.313 e. The van der Waals surface area contributed by atoms with Gasteiger partial charge in [-0.15, -0.1) is 0 Å². The summed E-state index contributed by atoms with van der Waals surface area (Å²) in [5.41, 5.74) is -0.743. The molecule has 0 bridgehead atoms. The number of hydrogen-bond acceptors (Lipinski definition) is 3. The minimum absolute atomic E-state index is 0.0865. The van der Waals surface area contributed by atoms with E-state index in [2.05, 4.69) is 11.8 Å². The van der Waals surface area contributed by atoms with Crippen molar-refractivity contribution in [2.45, 2.75) is 19.8 Å². The number of rotatable bonds is 5. The van der Waals surface area contributed by atoms with Crippen molar-refractivity contribution in [1.82, 2.24) is 9.80 Å². The first kappa shape index (κ1) is 18.1. The third-order valence-corrected chi connectivity index (χ3v) is 5.74. The standard InChI is InChI=1S/C18H22ClFN2O3/c1-2-6-21-8-12-9-22(11-18(12,10-21)17(24)25)16(23)7-13-14(19)4-3-5-15(13)20/h3-5,12H,2,6-11H2,1H3,(H,24,25)/t12-,18-/m0/s1. The second-order valence-electron chi connectivity index (χ2n) is 7.04. The van der Waals surface area contributed by atoms with Crippen molar-refractivity contribution in [2.24, 2.45) is 11.3 Å². The SMILES string of the molecule is CCCN1C[C@H]2CN(C(=O)Cc3c(F)cccc3Cl)C[C@@]2(C(=O)O)C1. The van der Waals surface area contributed by atoms with Crippen molar-refractivity contribution < 1.29 is 19.1 Å². The van der Waals surface area contributed by atoms with Crippen LogP contribution in [0, 0.1) is 17.2 Å². The van der Waals surface area contributed by atoms with Crippen LogP contribution in [0.3, 0.4) is 0 Å². The third-order valence-electron chi connectivity index (χ3n) is 5.39. The van der Waals surface area contributed by atoms with E-state index in [1.54, 1.807) is 11.0 Å². The maximum Gasteiger partial charge on any atom is 0.313 e. The molecule has 2 saturated heterocycles. The predicted octanol–water partition coefficient (Wildman–Crippen LogP) is 2.28. The van der Waals surface area contributed by atoms with E-state index in [-0.39, 0.29) is 35.4 Å². The van der Waals surface area contributed by atoms with Gasteiger partial charge in [0.15, 0.2) is 0 Å². The maximum atomic E-state index is 13.9. The number of amides is 1. The van der Waals surface area contributed by atoms with Gasteiger partial charge in [-0.2, -0.15) is 0 Å². The molecule has 0 aromatic heterocycles. The molecule has 2 heterocycles. The van der Waals surface area contributed by atoms with E-state index in [4.69, 9.17) is 11.6 Å². The second kappa shape index (κ2) is 6.92. The topological polar surface area (TPSA) is 60.9 Å². The fraction of sp³-hybridized carbons (Fsp3) is 0.556. The van der Waals surface area contributed by atoms with Crippen LogP contribution in [0.25, 0.3) is 0 Å². The summed E-state index contributed by atoms with van der Waals surface area (Å²) in [6.07, 6.45) is 0.823. The number of halogens is 2. The van der Waals surface area contributed by atoms with E-state index in [1.165, 1.54) is 12.1 Å². The normalized spacial score (nSPS) is 26.0. The number of carboxylic acids is 1. The van der Waals surface area contributed by atoms with Gasteiger partial charge in [0.05, 0.1) is 6.42 Å². The molecule has 2 aliphatic rings. The Hall–Kier alpha value is -1.66. The lowest BCUT2D eigenvalue weighted by Crippen LogP contribution is -2.42. The molecule has 5 nitrogen and oxygen atoms in total. The first-order valence-electron chi connectivity index (χ1n) is 8.54. The number of carboxylic acid groups (broad SMARTS) is 1. The van der Waals surface area contributed by atoms with Gasteiger partial charge in [0, 0.05) is 42.7 Å². The van der Waals surface area contributed by atoms with Crippen LogP contribution >= 0.6 is 11.6 Å². The Kier molecular flexibility index (Phi) is 5.02. The number of nitrogens with zero attached hydrogens (tertiary/aromatic N) is 2. The Labute approximate surface area is 151 Å². The minimum atomic E-state index is -0.913. The molecule has 2 fully saturated rings. The Morgan fingerprint density at radius 1 is 1.36 bits per heavy atom. The fourth-order valence-electron chi connectivity index (χ4n) is 4.11. The Morgan fingerprint density at radius 2 is 2.12 bits per heavy atom. The lowest BCUT2D eigenvalue weighted by molar-refractivity contribution is -0.149. The zero-order valence-electron chi connectivity index (χ0n) is 14.2. The predicted molar refractivity (Wildman–Crippen MR) is 92.0 cm³/mol. The van der Waals surface area contributed by atoms with Crippen LogP contribution in [0.5, 0.6) is 0 Å². The van der Waals surface area contributed by atoms with Crippen molar-refractivity contribution in [1.29, 1.82) is 0 Å². The van der Waals surface area contributed by atoms with Crippen molar-refractivity contribution in [3.8, 4) is 0 Å². The van der Waals surface area contributed by atoms with Gasteiger partial charge in [-0.1, -0.05) is 24.6 Å². The fourth-order valence-corrected chi connectivity index (χ4v) is 4.34. The van der Waals surface area contributed by atoms with E-state index in [1.807, 2.05) is 0 Å². The van der Waals surface area contributed by atoms with Crippen LogP contribution in [0.15, 0.2) is 18.2 Å². The Morgan fingerprint density at radius 3 is 2.72 bits per heavy atom. The molecule has 1 amide bonds. The molecule has 0 spiro atoms. The summed E-state index contributed by atoms with van der Waals surface area (Å²) < 4.78 is 13.9. The van der Waals surface area contributed by atoms with Gasteiger partial charge in [0.2, 0.25) is 5.91 Å². The van der Waals surface area contributed by atoms with Crippen LogP contribution in [0.2, 0.25) is 5.02 Å². The number of benzene rings is 1. The molecule has 1 aromatic rings. The maximum absolute atomic E-state index is 13.9. The quantitative estimate of drug-likeness (QED) is 0.866. The molecule has 0 radical (unpaired) electrons. The van der Waals surface area contributed by atoms with Crippen LogP contribution < -0.4 is 0 Å². The highest BCUT2D eigenvalue weighted by molar-refractivity contribution is 6.31. The van der Waals surface area contributed by atoms with Gasteiger partial charge >= 0.3 is 5.97 Å². The minimum Gasteiger partial charge on any atom is -0.481 e. The molecule has 3 rings (SSSR count). The number of aliphatic carboxylic acids is 1. The van der Waals surface area contributed by atoms with Crippen molar-refractivity contribution in [3.63, 3.8) is 0 Å². The Balaban J connectivity index is 1.74. The molecule has 136 valence electrons. The molecule has 0 saturated carbocycles. The second-order valence-corrected chi connectivity index (χ2v) is 7.45. The highest BCUT2D eigenvalue weighted by Gasteiger charge is 2.58. The van der Waals surface area contributed by atoms with E-state index in [0.717, 1.165) is 13.0 Å². The van der Waals surface area contributed by atoms with Crippen molar-refractivity contribution in [3.05, 3.63) is 34.6 Å². The highest BCUT2D eigenvalue weighted by Crippen LogP contribution is 2.43. The van der Waals surface area contributed by atoms with Crippen LogP contribution in [-0.2, 0) is 16.0 Å². The molecule has 2 aliphatic heterocycles. The summed E-state index contributed by atoms with van der Waals surface area (Å²) in [6.45, 7) is 4.66. The first-order chi connectivity index (χ1) is 11.9. The number of likely N-dealkylation sites (tertiary alicyclic amines) is 2. The average Bonchev–Trinajstić information content (AvgIpc) is 3.06. The van der Waals surface area contributed by atoms with Crippen LogP contribution in [0.1, 0.15) is 18.9 Å². The number of hydrogen-bond donors (Lipinski definition) is 1.